The van der Waals surface area contributed by atoms with Crippen molar-refractivity contribution in [3.63, 3.8) is 0 Å². The molecule has 2 N–H and O–H groups in total. The minimum atomic E-state index is 0.698. The minimum Gasteiger partial charge on any atom is -0.346 e. The van der Waals surface area contributed by atoms with Crippen molar-refractivity contribution in [3.8, 4) is 0 Å². The highest BCUT2D eigenvalue weighted by atomic mass is 15.2. The van der Waals surface area contributed by atoms with Crippen LogP contribution in [0.25, 0.3) is 0 Å². The number of hydrogen-bond donors (Lipinski definition) is 1. The van der Waals surface area contributed by atoms with Crippen LogP contribution < -0.4 is 5.73 Å². The van der Waals surface area contributed by atoms with Crippen LogP contribution in [0.4, 0.5) is 0 Å². The maximum absolute atomic E-state index is 5.59. The number of piperidine rings is 1. The van der Waals surface area contributed by atoms with Crippen LogP contribution in [0.3, 0.4) is 0 Å². The van der Waals surface area contributed by atoms with Gasteiger partial charge in [-0.1, -0.05) is 0 Å². The molecule has 1 saturated heterocycles. The van der Waals surface area contributed by atoms with Gasteiger partial charge in [-0.25, -0.2) is 0 Å². The molecule has 1 aliphatic rings. The van der Waals surface area contributed by atoms with Crippen molar-refractivity contribution in [2.75, 3.05) is 26.2 Å². The van der Waals surface area contributed by atoms with Gasteiger partial charge < -0.3 is 15.2 Å². The number of aryl methyl sites for hydroxylation is 2. The van der Waals surface area contributed by atoms with Crippen molar-refractivity contribution in [1.82, 2.24) is 9.47 Å². The van der Waals surface area contributed by atoms with Crippen molar-refractivity contribution < 1.29 is 0 Å². The zero-order valence-electron chi connectivity index (χ0n) is 10.4. The Labute approximate surface area is 98.2 Å². The van der Waals surface area contributed by atoms with E-state index >= 15 is 0 Å². The summed E-state index contributed by atoms with van der Waals surface area (Å²) < 4.78 is 2.50. The number of hydrogen-bond acceptors (Lipinski definition) is 2. The van der Waals surface area contributed by atoms with Crippen LogP contribution in [0.5, 0.6) is 0 Å². The summed E-state index contributed by atoms with van der Waals surface area (Å²) in [7, 11) is 0. The van der Waals surface area contributed by atoms with Gasteiger partial charge in [0.05, 0.1) is 0 Å². The Morgan fingerprint density at radius 1 is 1.19 bits per heavy atom. The lowest BCUT2D eigenvalue weighted by atomic mass is 10.0. The predicted molar refractivity (Wildman–Crippen MR) is 67.7 cm³/mol. The second kappa shape index (κ2) is 5.02. The highest BCUT2D eigenvalue weighted by Crippen LogP contribution is 2.25. The molecule has 1 aromatic heterocycles. The van der Waals surface area contributed by atoms with E-state index in [4.69, 9.17) is 5.73 Å². The van der Waals surface area contributed by atoms with Gasteiger partial charge in [0.15, 0.2) is 0 Å². The van der Waals surface area contributed by atoms with E-state index in [9.17, 15) is 0 Å². The molecule has 3 heteroatoms. The Morgan fingerprint density at radius 3 is 2.25 bits per heavy atom. The van der Waals surface area contributed by atoms with Gasteiger partial charge in [-0.05, 0) is 38.8 Å². The van der Waals surface area contributed by atoms with Crippen LogP contribution in [0, 0.1) is 13.8 Å². The smallest absolute Gasteiger partial charge is 0.0360 e. The van der Waals surface area contributed by atoms with Crippen LogP contribution >= 0.6 is 0 Å². The Hall–Kier alpha value is -0.800. The number of nitrogens with zero attached hydrogens (tertiary/aromatic N) is 2. The summed E-state index contributed by atoms with van der Waals surface area (Å²) in [6, 6.07) is 5.15. The first-order valence-corrected chi connectivity index (χ1v) is 6.29. The molecule has 2 rings (SSSR count). The van der Waals surface area contributed by atoms with Crippen molar-refractivity contribution in [3.05, 3.63) is 23.5 Å². The lowest BCUT2D eigenvalue weighted by Crippen LogP contribution is -2.38. The van der Waals surface area contributed by atoms with Gasteiger partial charge in [-0.3, -0.25) is 0 Å². The third-order valence-corrected chi connectivity index (χ3v) is 3.69. The fraction of sp³-hybridized carbons (Fsp3) is 0.692. The Bertz CT molecular complexity index is 315. The summed E-state index contributed by atoms with van der Waals surface area (Å²) in [5, 5.41) is 0. The molecule has 90 valence electrons. The Morgan fingerprint density at radius 2 is 1.75 bits per heavy atom. The second-order valence-corrected chi connectivity index (χ2v) is 4.85. The molecular weight excluding hydrogens is 198 g/mol. The maximum Gasteiger partial charge on any atom is 0.0360 e. The largest absolute Gasteiger partial charge is 0.346 e. The first-order valence-electron chi connectivity index (χ1n) is 6.29. The molecule has 0 aliphatic carbocycles. The van der Waals surface area contributed by atoms with Crippen LogP contribution in [0.1, 0.15) is 30.3 Å². The van der Waals surface area contributed by atoms with Gasteiger partial charge in [-0.15, -0.1) is 0 Å². The molecular formula is C13H23N3. The first-order chi connectivity index (χ1) is 7.72. The number of aromatic nitrogens is 1. The van der Waals surface area contributed by atoms with E-state index in [1.807, 2.05) is 0 Å². The molecule has 3 nitrogen and oxygen atoms in total. The zero-order chi connectivity index (χ0) is 11.5. The molecule has 0 atom stereocenters. The fourth-order valence-electron chi connectivity index (χ4n) is 2.84. The molecule has 1 aromatic rings. The highest BCUT2D eigenvalue weighted by molar-refractivity contribution is 5.15. The van der Waals surface area contributed by atoms with Crippen molar-refractivity contribution >= 4 is 0 Å². The standard InChI is InChI=1S/C13H23N3/c1-11-3-4-12(2)16(11)13-5-8-15(9-6-13)10-7-14/h3-4,13H,5-10,14H2,1-2H3. The Kier molecular flexibility index (Phi) is 3.66. The molecule has 0 bridgehead atoms. The molecule has 1 aliphatic heterocycles. The normalized spacial score (nSPS) is 19.2. The van der Waals surface area contributed by atoms with Gasteiger partial charge in [0.1, 0.15) is 0 Å². The summed E-state index contributed by atoms with van der Waals surface area (Å²) in [5.41, 5.74) is 8.39. The number of likely N-dealkylation sites (tertiary alicyclic amines) is 1. The number of rotatable bonds is 3. The predicted octanol–water partition coefficient (Wildman–Crippen LogP) is 1.70. The van der Waals surface area contributed by atoms with E-state index in [0.717, 1.165) is 13.1 Å². The third kappa shape index (κ3) is 2.30. The zero-order valence-corrected chi connectivity index (χ0v) is 10.4. The number of nitrogens with two attached hydrogens (primary N) is 1. The topological polar surface area (TPSA) is 34.2 Å². The van der Waals surface area contributed by atoms with Crippen molar-refractivity contribution in [1.29, 1.82) is 0 Å². The molecule has 2 heterocycles. The van der Waals surface area contributed by atoms with E-state index in [1.54, 1.807) is 0 Å². The second-order valence-electron chi connectivity index (χ2n) is 4.85. The van der Waals surface area contributed by atoms with Crippen LogP contribution in [0.15, 0.2) is 12.1 Å². The summed E-state index contributed by atoms with van der Waals surface area (Å²) in [6.07, 6.45) is 2.52. The summed E-state index contributed by atoms with van der Waals surface area (Å²) in [5.74, 6) is 0. The van der Waals surface area contributed by atoms with Crippen molar-refractivity contribution in [2.24, 2.45) is 5.73 Å². The third-order valence-electron chi connectivity index (χ3n) is 3.69. The molecule has 0 unspecified atom stereocenters. The summed E-state index contributed by atoms with van der Waals surface area (Å²) >= 11 is 0. The average Bonchev–Trinajstić information content (AvgIpc) is 2.61. The fourth-order valence-corrected chi connectivity index (χ4v) is 2.84. The molecule has 0 amide bonds. The average molecular weight is 221 g/mol. The van der Waals surface area contributed by atoms with E-state index in [-0.39, 0.29) is 0 Å². The molecule has 1 fully saturated rings. The van der Waals surface area contributed by atoms with Gasteiger partial charge in [0.2, 0.25) is 0 Å². The van der Waals surface area contributed by atoms with Gasteiger partial charge in [0, 0.05) is 43.6 Å². The molecule has 0 saturated carbocycles. The molecule has 0 spiro atoms. The SMILES string of the molecule is Cc1ccc(C)n1C1CCN(CCN)CC1. The van der Waals surface area contributed by atoms with E-state index in [0.29, 0.717) is 6.04 Å². The summed E-state index contributed by atoms with van der Waals surface area (Å²) in [6.45, 7) is 8.64. The maximum atomic E-state index is 5.59. The van der Waals surface area contributed by atoms with E-state index in [1.165, 1.54) is 37.3 Å². The molecule has 0 radical (unpaired) electrons. The lowest BCUT2D eigenvalue weighted by Gasteiger charge is -2.33. The van der Waals surface area contributed by atoms with Crippen LogP contribution in [0.2, 0.25) is 0 Å². The van der Waals surface area contributed by atoms with Gasteiger partial charge in [-0.2, -0.15) is 0 Å². The van der Waals surface area contributed by atoms with Gasteiger partial charge in [0.25, 0.3) is 0 Å². The summed E-state index contributed by atoms with van der Waals surface area (Å²) in [4.78, 5) is 2.48. The van der Waals surface area contributed by atoms with Crippen LogP contribution in [-0.4, -0.2) is 35.6 Å². The quantitative estimate of drug-likeness (QED) is 0.843. The van der Waals surface area contributed by atoms with E-state index in [2.05, 4.69) is 35.4 Å². The monoisotopic (exact) mass is 221 g/mol. The van der Waals surface area contributed by atoms with Crippen LogP contribution in [-0.2, 0) is 0 Å². The molecule has 0 aromatic carbocycles. The van der Waals surface area contributed by atoms with Crippen molar-refractivity contribution in [2.45, 2.75) is 32.7 Å². The van der Waals surface area contributed by atoms with E-state index < -0.39 is 0 Å². The Balaban J connectivity index is 1.99. The molecule has 16 heavy (non-hydrogen) atoms. The highest BCUT2D eigenvalue weighted by Gasteiger charge is 2.21. The van der Waals surface area contributed by atoms with Gasteiger partial charge >= 0.3 is 0 Å². The first kappa shape index (κ1) is 11.7. The lowest BCUT2D eigenvalue weighted by molar-refractivity contribution is 0.189. The minimum absolute atomic E-state index is 0.698.